The maximum atomic E-state index is 13.1. The zero-order valence-electron chi connectivity index (χ0n) is 12.3. The smallest absolute Gasteiger partial charge is 0.269 e. The Morgan fingerprint density at radius 1 is 1.12 bits per heavy atom. The van der Waals surface area contributed by atoms with Gasteiger partial charge in [0.1, 0.15) is 17.3 Å². The molecule has 122 valence electrons. The molecule has 3 rings (SSSR count). The van der Waals surface area contributed by atoms with E-state index in [0.717, 1.165) is 0 Å². The van der Waals surface area contributed by atoms with Crippen molar-refractivity contribution in [2.75, 3.05) is 0 Å². The van der Waals surface area contributed by atoms with Gasteiger partial charge >= 0.3 is 0 Å². The van der Waals surface area contributed by atoms with E-state index >= 15 is 0 Å². The van der Waals surface area contributed by atoms with Crippen molar-refractivity contribution in [2.45, 2.75) is 6.54 Å². The molecule has 7 heteroatoms. The van der Waals surface area contributed by atoms with Crippen LogP contribution in [0, 0.1) is 11.6 Å². The zero-order chi connectivity index (χ0) is 17.1. The first kappa shape index (κ1) is 16.1. The van der Waals surface area contributed by atoms with Crippen LogP contribution in [0.4, 0.5) is 8.78 Å². The van der Waals surface area contributed by atoms with Crippen molar-refractivity contribution in [3.05, 3.63) is 76.4 Å². The van der Waals surface area contributed by atoms with Crippen LogP contribution in [0.1, 0.15) is 16.1 Å². The van der Waals surface area contributed by atoms with Crippen LogP contribution in [0.2, 0.25) is 5.02 Å². The Balaban J connectivity index is 1.67. The second-order valence-corrected chi connectivity index (χ2v) is 5.51. The molecule has 0 fully saturated rings. The van der Waals surface area contributed by atoms with Gasteiger partial charge in [-0.1, -0.05) is 17.7 Å². The summed E-state index contributed by atoms with van der Waals surface area (Å²) in [7, 11) is 0. The molecule has 2 aromatic carbocycles. The molecule has 0 aliphatic rings. The summed E-state index contributed by atoms with van der Waals surface area (Å²) in [5.41, 5.74) is 2.16. The maximum Gasteiger partial charge on any atom is 0.269 e. The fourth-order valence-corrected chi connectivity index (χ4v) is 2.34. The van der Waals surface area contributed by atoms with Gasteiger partial charge in [0.25, 0.3) is 5.91 Å². The monoisotopic (exact) mass is 347 g/mol. The van der Waals surface area contributed by atoms with Crippen LogP contribution in [0.5, 0.6) is 0 Å². The molecule has 0 radical (unpaired) electrons. The van der Waals surface area contributed by atoms with Gasteiger partial charge in [0.15, 0.2) is 0 Å². The quantitative estimate of drug-likeness (QED) is 0.751. The minimum Gasteiger partial charge on any atom is -0.347 e. The summed E-state index contributed by atoms with van der Waals surface area (Å²) in [6.45, 7) is 0.198. The van der Waals surface area contributed by atoms with Crippen molar-refractivity contribution in [3.8, 4) is 11.3 Å². The van der Waals surface area contributed by atoms with E-state index in [4.69, 9.17) is 11.6 Å². The normalized spacial score (nSPS) is 10.6. The fourth-order valence-electron chi connectivity index (χ4n) is 2.13. The van der Waals surface area contributed by atoms with E-state index in [0.29, 0.717) is 16.8 Å². The molecule has 0 bridgehead atoms. The van der Waals surface area contributed by atoms with E-state index in [9.17, 15) is 13.6 Å². The highest BCUT2D eigenvalue weighted by atomic mass is 35.5. The molecular weight excluding hydrogens is 336 g/mol. The standard InChI is InChI=1S/C17H12ClF2N3O/c18-13-7-10(1-6-14(13)20)9-21-17(24)16-8-15(22-23-16)11-2-4-12(19)5-3-11/h1-8H,9H2,(H,21,24)(H,22,23). The first-order valence-corrected chi connectivity index (χ1v) is 7.44. The predicted octanol–water partition coefficient (Wildman–Crippen LogP) is 3.94. The lowest BCUT2D eigenvalue weighted by molar-refractivity contribution is 0.0946. The molecule has 2 N–H and O–H groups in total. The number of hydrogen-bond donors (Lipinski definition) is 2. The molecule has 3 aromatic rings. The molecule has 0 saturated carbocycles. The Labute approximate surface area is 141 Å². The summed E-state index contributed by atoms with van der Waals surface area (Å²) in [4.78, 5) is 12.1. The van der Waals surface area contributed by atoms with Crippen LogP contribution in [0.3, 0.4) is 0 Å². The molecule has 0 aliphatic heterocycles. The molecule has 24 heavy (non-hydrogen) atoms. The van der Waals surface area contributed by atoms with Crippen LogP contribution in [0.25, 0.3) is 11.3 Å². The molecule has 1 aromatic heterocycles. The van der Waals surface area contributed by atoms with Gasteiger partial charge in [-0.15, -0.1) is 0 Å². The Kier molecular flexibility index (Phi) is 4.57. The average Bonchev–Trinajstić information content (AvgIpc) is 3.06. The van der Waals surface area contributed by atoms with Crippen molar-refractivity contribution >= 4 is 17.5 Å². The largest absolute Gasteiger partial charge is 0.347 e. The van der Waals surface area contributed by atoms with Crippen LogP contribution < -0.4 is 5.32 Å². The van der Waals surface area contributed by atoms with Gasteiger partial charge in [0.2, 0.25) is 0 Å². The topological polar surface area (TPSA) is 57.8 Å². The van der Waals surface area contributed by atoms with E-state index in [1.165, 1.54) is 24.3 Å². The second kappa shape index (κ2) is 6.80. The molecule has 1 heterocycles. The van der Waals surface area contributed by atoms with Crippen LogP contribution in [-0.2, 0) is 6.54 Å². The average molecular weight is 348 g/mol. The van der Waals surface area contributed by atoms with Crippen molar-refractivity contribution < 1.29 is 13.6 Å². The third-order valence-corrected chi connectivity index (χ3v) is 3.69. The number of carbonyl (C=O) groups is 1. The SMILES string of the molecule is O=C(NCc1ccc(F)c(Cl)c1)c1cc(-c2ccc(F)cc2)n[nH]1. The number of benzene rings is 2. The summed E-state index contributed by atoms with van der Waals surface area (Å²) in [6.07, 6.45) is 0. The molecule has 1 amide bonds. The van der Waals surface area contributed by atoms with E-state index in [2.05, 4.69) is 15.5 Å². The van der Waals surface area contributed by atoms with Crippen molar-refractivity contribution in [1.82, 2.24) is 15.5 Å². The lowest BCUT2D eigenvalue weighted by Gasteiger charge is -2.04. The molecule has 0 spiro atoms. The van der Waals surface area contributed by atoms with Gasteiger partial charge in [-0.3, -0.25) is 9.89 Å². The summed E-state index contributed by atoms with van der Waals surface area (Å²) in [5.74, 6) is -1.22. The van der Waals surface area contributed by atoms with Crippen molar-refractivity contribution in [2.24, 2.45) is 0 Å². The maximum absolute atomic E-state index is 13.1. The number of hydrogen-bond acceptors (Lipinski definition) is 2. The number of aromatic amines is 1. The molecule has 0 saturated heterocycles. The van der Waals surface area contributed by atoms with E-state index in [1.54, 1.807) is 24.3 Å². The number of rotatable bonds is 4. The summed E-state index contributed by atoms with van der Waals surface area (Å²) >= 11 is 5.70. The number of aromatic nitrogens is 2. The van der Waals surface area contributed by atoms with Gasteiger partial charge in [-0.2, -0.15) is 5.10 Å². The third-order valence-electron chi connectivity index (χ3n) is 3.40. The Morgan fingerprint density at radius 3 is 2.58 bits per heavy atom. The number of nitrogens with one attached hydrogen (secondary N) is 2. The Morgan fingerprint density at radius 2 is 1.88 bits per heavy atom. The minimum absolute atomic E-state index is 0.00175. The number of carbonyl (C=O) groups excluding carboxylic acids is 1. The first-order valence-electron chi connectivity index (χ1n) is 7.06. The minimum atomic E-state index is -0.510. The highest BCUT2D eigenvalue weighted by molar-refractivity contribution is 6.30. The van der Waals surface area contributed by atoms with Crippen molar-refractivity contribution in [3.63, 3.8) is 0 Å². The number of nitrogens with zero attached hydrogens (tertiary/aromatic N) is 1. The molecular formula is C17H12ClF2N3O. The van der Waals surface area contributed by atoms with Crippen LogP contribution >= 0.6 is 11.6 Å². The van der Waals surface area contributed by atoms with Gasteiger partial charge < -0.3 is 5.32 Å². The molecule has 0 unspecified atom stereocenters. The fraction of sp³-hybridized carbons (Fsp3) is 0.0588. The van der Waals surface area contributed by atoms with Crippen molar-refractivity contribution in [1.29, 1.82) is 0 Å². The second-order valence-electron chi connectivity index (χ2n) is 5.10. The predicted molar refractivity (Wildman–Crippen MR) is 86.6 cm³/mol. The van der Waals surface area contributed by atoms with Gasteiger partial charge in [0, 0.05) is 12.1 Å². The molecule has 4 nitrogen and oxygen atoms in total. The van der Waals surface area contributed by atoms with E-state index < -0.39 is 5.82 Å². The zero-order valence-corrected chi connectivity index (χ0v) is 13.1. The lowest BCUT2D eigenvalue weighted by atomic mass is 10.1. The van der Waals surface area contributed by atoms with Crippen LogP contribution in [-0.4, -0.2) is 16.1 Å². The molecule has 0 aliphatic carbocycles. The number of halogens is 3. The lowest BCUT2D eigenvalue weighted by Crippen LogP contribution is -2.23. The van der Waals surface area contributed by atoms with E-state index in [1.807, 2.05) is 0 Å². The van der Waals surface area contributed by atoms with E-state index in [-0.39, 0.29) is 29.0 Å². The third kappa shape index (κ3) is 3.60. The summed E-state index contributed by atoms with van der Waals surface area (Å²) < 4.78 is 26.0. The first-order chi connectivity index (χ1) is 11.5. The highest BCUT2D eigenvalue weighted by Crippen LogP contribution is 2.18. The van der Waals surface area contributed by atoms with Gasteiger partial charge in [-0.25, -0.2) is 8.78 Å². The summed E-state index contributed by atoms with van der Waals surface area (Å²) in [5, 5.41) is 9.36. The van der Waals surface area contributed by atoms with Gasteiger partial charge in [-0.05, 0) is 48.0 Å². The number of amides is 1. The highest BCUT2D eigenvalue weighted by Gasteiger charge is 2.11. The number of H-pyrrole nitrogens is 1. The van der Waals surface area contributed by atoms with Gasteiger partial charge in [0.05, 0.1) is 10.7 Å². The Hall–Kier alpha value is -2.73. The van der Waals surface area contributed by atoms with Crippen LogP contribution in [0.15, 0.2) is 48.5 Å². The summed E-state index contributed by atoms with van der Waals surface area (Å²) in [6, 6.07) is 11.6. The Bertz CT molecular complexity index is 878. The molecule has 0 atom stereocenters.